The van der Waals surface area contributed by atoms with Gasteiger partial charge in [0.15, 0.2) is 5.13 Å². The molecule has 31 heavy (non-hydrogen) atoms. The number of ether oxygens (including phenoxy) is 1. The molecule has 0 aliphatic carbocycles. The Kier molecular flexibility index (Phi) is 8.95. The van der Waals surface area contributed by atoms with Crippen LogP contribution in [0.4, 0.5) is 5.13 Å². The van der Waals surface area contributed by atoms with Crippen molar-refractivity contribution in [3.63, 3.8) is 0 Å². The topological polar surface area (TPSA) is 45.7 Å². The van der Waals surface area contributed by atoms with Gasteiger partial charge in [0.25, 0.3) is 5.91 Å². The second kappa shape index (κ2) is 11.2. The molecule has 1 amide bonds. The molecular formula is C22H24Cl2IN3O2S. The van der Waals surface area contributed by atoms with Crippen LogP contribution in [0.25, 0.3) is 10.2 Å². The highest BCUT2D eigenvalue weighted by molar-refractivity contribution is 14.1. The van der Waals surface area contributed by atoms with E-state index in [0.717, 1.165) is 63.8 Å². The highest BCUT2D eigenvalue weighted by Crippen LogP contribution is 2.34. The van der Waals surface area contributed by atoms with Crippen molar-refractivity contribution < 1.29 is 9.53 Å². The number of hydrogen-bond acceptors (Lipinski definition) is 5. The molecule has 4 rings (SSSR count). The van der Waals surface area contributed by atoms with Crippen LogP contribution in [0.1, 0.15) is 22.3 Å². The predicted octanol–water partition coefficient (Wildman–Crippen LogP) is 5.65. The van der Waals surface area contributed by atoms with E-state index in [1.54, 1.807) is 11.3 Å². The van der Waals surface area contributed by atoms with Gasteiger partial charge in [-0.3, -0.25) is 14.6 Å². The third kappa shape index (κ3) is 5.69. The number of amides is 1. The Balaban J connectivity index is 0.00000272. The van der Waals surface area contributed by atoms with Crippen molar-refractivity contribution in [2.45, 2.75) is 13.3 Å². The van der Waals surface area contributed by atoms with E-state index in [2.05, 4.69) is 27.5 Å². The number of nitrogens with zero attached hydrogens (tertiary/aromatic N) is 3. The molecule has 1 aromatic heterocycles. The first-order chi connectivity index (χ1) is 14.5. The summed E-state index contributed by atoms with van der Waals surface area (Å²) >= 11 is 10.1. The van der Waals surface area contributed by atoms with Gasteiger partial charge in [-0.1, -0.05) is 35.1 Å². The van der Waals surface area contributed by atoms with Gasteiger partial charge in [0.2, 0.25) is 0 Å². The molecule has 0 N–H and O–H groups in total. The Bertz CT molecular complexity index is 1060. The van der Waals surface area contributed by atoms with E-state index in [-0.39, 0.29) is 18.3 Å². The van der Waals surface area contributed by atoms with Gasteiger partial charge in [-0.05, 0) is 65.8 Å². The molecule has 0 bridgehead atoms. The number of rotatable bonds is 6. The maximum Gasteiger partial charge on any atom is 0.261 e. The molecule has 2 heterocycles. The summed E-state index contributed by atoms with van der Waals surface area (Å²) < 4.78 is 7.42. The average molecular weight is 592 g/mol. The Morgan fingerprint density at radius 3 is 2.74 bits per heavy atom. The number of hydrogen-bond donors (Lipinski definition) is 0. The summed E-state index contributed by atoms with van der Waals surface area (Å²) in [5, 5.41) is 1.42. The van der Waals surface area contributed by atoms with Gasteiger partial charge in [-0.2, -0.15) is 0 Å². The van der Waals surface area contributed by atoms with Crippen LogP contribution >= 0.6 is 57.9 Å². The average Bonchev–Trinajstić information content (AvgIpc) is 3.19. The molecule has 0 atom stereocenters. The summed E-state index contributed by atoms with van der Waals surface area (Å²) in [7, 11) is 0. The van der Waals surface area contributed by atoms with E-state index in [4.69, 9.17) is 21.3 Å². The largest absolute Gasteiger partial charge is 0.379 e. The standard InChI is InChI=1S/C22H23ClIN3O2S.ClH/c1-15-17(23)7-8-19-20(15)25-22(30-19)27(10-4-9-26-11-13-29-14-12-26)21(28)16-5-2-3-6-18(16)24;/h2-3,5-8H,4,9-14H2,1H3;1H. The third-order valence-electron chi connectivity index (χ3n) is 5.28. The fourth-order valence-corrected chi connectivity index (χ4v) is 5.37. The van der Waals surface area contributed by atoms with Crippen LogP contribution in [0.5, 0.6) is 0 Å². The minimum Gasteiger partial charge on any atom is -0.379 e. The molecule has 5 nitrogen and oxygen atoms in total. The molecule has 0 radical (unpaired) electrons. The summed E-state index contributed by atoms with van der Waals surface area (Å²) in [6, 6.07) is 11.6. The number of morpholine rings is 1. The Labute approximate surface area is 211 Å². The molecule has 1 aliphatic heterocycles. The first-order valence-electron chi connectivity index (χ1n) is 9.97. The molecule has 1 saturated heterocycles. The van der Waals surface area contributed by atoms with Crippen LogP contribution in [-0.2, 0) is 4.74 Å². The molecule has 3 aromatic rings. The maximum absolute atomic E-state index is 13.5. The molecular weight excluding hydrogens is 568 g/mol. The van der Waals surface area contributed by atoms with Gasteiger partial charge in [0, 0.05) is 34.8 Å². The Morgan fingerprint density at radius 1 is 1.26 bits per heavy atom. The SMILES string of the molecule is Cc1c(Cl)ccc2sc(N(CCCN3CCOCC3)C(=O)c3ccccc3I)nc12.Cl. The number of benzene rings is 2. The first-order valence-corrected chi connectivity index (χ1v) is 12.2. The zero-order valence-corrected chi connectivity index (χ0v) is 21.7. The summed E-state index contributed by atoms with van der Waals surface area (Å²) in [4.78, 5) is 22.5. The van der Waals surface area contributed by atoms with Crippen LogP contribution in [0.3, 0.4) is 0 Å². The molecule has 0 saturated carbocycles. The lowest BCUT2D eigenvalue weighted by Gasteiger charge is -2.27. The molecule has 0 spiro atoms. The fourth-order valence-electron chi connectivity index (χ4n) is 3.55. The highest BCUT2D eigenvalue weighted by atomic mass is 127. The van der Waals surface area contributed by atoms with Crippen molar-refractivity contribution in [3.05, 3.63) is 56.1 Å². The minimum atomic E-state index is -0.00946. The van der Waals surface area contributed by atoms with Crippen molar-refractivity contribution >= 4 is 79.2 Å². The second-order valence-electron chi connectivity index (χ2n) is 7.26. The number of aryl methyl sites for hydroxylation is 1. The molecule has 0 unspecified atom stereocenters. The first kappa shape index (κ1) is 24.7. The summed E-state index contributed by atoms with van der Waals surface area (Å²) in [6.45, 7) is 6.99. The molecule has 2 aromatic carbocycles. The lowest BCUT2D eigenvalue weighted by atomic mass is 10.2. The van der Waals surface area contributed by atoms with Crippen LogP contribution in [-0.4, -0.2) is 55.2 Å². The number of carbonyl (C=O) groups is 1. The van der Waals surface area contributed by atoms with Crippen molar-refractivity contribution in [1.82, 2.24) is 9.88 Å². The van der Waals surface area contributed by atoms with Crippen molar-refractivity contribution in [2.24, 2.45) is 0 Å². The smallest absolute Gasteiger partial charge is 0.261 e. The molecule has 1 aliphatic rings. The number of halogens is 3. The zero-order valence-electron chi connectivity index (χ0n) is 17.1. The Morgan fingerprint density at radius 2 is 2.00 bits per heavy atom. The summed E-state index contributed by atoms with van der Waals surface area (Å²) in [5.74, 6) is -0.00946. The second-order valence-corrected chi connectivity index (χ2v) is 9.84. The fraction of sp³-hybridized carbons (Fsp3) is 0.364. The minimum absolute atomic E-state index is 0. The van der Waals surface area contributed by atoms with Gasteiger partial charge in [0.1, 0.15) is 0 Å². The lowest BCUT2D eigenvalue weighted by Crippen LogP contribution is -2.39. The van der Waals surface area contributed by atoms with Gasteiger partial charge >= 0.3 is 0 Å². The lowest BCUT2D eigenvalue weighted by molar-refractivity contribution is 0.0376. The number of thiazole rings is 1. The van der Waals surface area contributed by atoms with Gasteiger partial charge < -0.3 is 4.74 Å². The van der Waals surface area contributed by atoms with E-state index in [1.807, 2.05) is 48.2 Å². The number of carbonyl (C=O) groups excluding carboxylic acids is 1. The molecule has 9 heteroatoms. The van der Waals surface area contributed by atoms with Crippen LogP contribution in [0, 0.1) is 10.5 Å². The predicted molar refractivity (Wildman–Crippen MR) is 139 cm³/mol. The van der Waals surface area contributed by atoms with E-state index in [0.29, 0.717) is 17.1 Å². The summed E-state index contributed by atoms with van der Waals surface area (Å²) in [6.07, 6.45) is 0.880. The maximum atomic E-state index is 13.5. The van der Waals surface area contributed by atoms with Crippen molar-refractivity contribution in [1.29, 1.82) is 0 Å². The highest BCUT2D eigenvalue weighted by Gasteiger charge is 2.24. The van der Waals surface area contributed by atoms with Gasteiger partial charge in [-0.25, -0.2) is 4.98 Å². The number of aromatic nitrogens is 1. The Hall–Kier alpha value is -0.970. The normalized spacial score (nSPS) is 14.4. The van der Waals surface area contributed by atoms with E-state index in [9.17, 15) is 4.79 Å². The van der Waals surface area contributed by atoms with E-state index in [1.165, 1.54) is 0 Å². The van der Waals surface area contributed by atoms with Crippen molar-refractivity contribution in [2.75, 3.05) is 44.3 Å². The quantitative estimate of drug-likeness (QED) is 0.347. The third-order valence-corrected chi connectivity index (χ3v) is 7.67. The van der Waals surface area contributed by atoms with Gasteiger partial charge in [-0.15, -0.1) is 12.4 Å². The van der Waals surface area contributed by atoms with E-state index < -0.39 is 0 Å². The van der Waals surface area contributed by atoms with Crippen LogP contribution in [0.2, 0.25) is 5.02 Å². The molecule has 1 fully saturated rings. The number of fused-ring (bicyclic) bond motifs is 1. The molecule has 166 valence electrons. The number of anilines is 1. The monoisotopic (exact) mass is 591 g/mol. The van der Waals surface area contributed by atoms with E-state index >= 15 is 0 Å². The zero-order chi connectivity index (χ0) is 21.1. The van der Waals surface area contributed by atoms with Crippen LogP contribution in [0.15, 0.2) is 36.4 Å². The van der Waals surface area contributed by atoms with Crippen molar-refractivity contribution in [3.8, 4) is 0 Å². The summed E-state index contributed by atoms with van der Waals surface area (Å²) in [5.41, 5.74) is 2.53. The van der Waals surface area contributed by atoms with Crippen LogP contribution < -0.4 is 4.90 Å². The van der Waals surface area contributed by atoms with Gasteiger partial charge in [0.05, 0.1) is 29.0 Å².